The molecular weight excluding hydrogens is 602 g/mol. The van der Waals surface area contributed by atoms with E-state index in [1.807, 2.05) is 4.72 Å². The third-order valence-electron chi connectivity index (χ3n) is 15.2. The van der Waals surface area contributed by atoms with Gasteiger partial charge in [0.2, 0.25) is 15.9 Å². The van der Waals surface area contributed by atoms with Gasteiger partial charge in [0.25, 0.3) is 0 Å². The average molecular weight is 662 g/mol. The number of carbonyl (C=O) groups is 3. The Morgan fingerprint density at radius 2 is 1.54 bits per heavy atom. The first kappa shape index (κ1) is 35.4. The minimum absolute atomic E-state index is 0.0527. The lowest BCUT2D eigenvalue weighted by Gasteiger charge is -2.72. The van der Waals surface area contributed by atoms with E-state index >= 15 is 0 Å². The van der Waals surface area contributed by atoms with Gasteiger partial charge in [0.05, 0.1) is 23.5 Å². The van der Waals surface area contributed by atoms with Crippen molar-refractivity contribution < 1.29 is 32.6 Å². The molecule has 0 radical (unpaired) electrons. The summed E-state index contributed by atoms with van der Waals surface area (Å²) in [6.07, 6.45) is 9.84. The summed E-state index contributed by atoms with van der Waals surface area (Å²) in [5.41, 5.74) is -0.775. The van der Waals surface area contributed by atoms with Crippen LogP contribution in [0.3, 0.4) is 0 Å². The van der Waals surface area contributed by atoms with Crippen LogP contribution in [-0.4, -0.2) is 43.7 Å². The van der Waals surface area contributed by atoms with Gasteiger partial charge in [-0.3, -0.25) is 19.1 Å². The number of hydrogen-bond acceptors (Lipinski definition) is 6. The van der Waals surface area contributed by atoms with Crippen LogP contribution in [0.4, 0.5) is 0 Å². The van der Waals surface area contributed by atoms with E-state index in [4.69, 9.17) is 4.74 Å². The maximum absolute atomic E-state index is 13.2. The summed E-state index contributed by atoms with van der Waals surface area (Å²) in [6, 6.07) is 0. The van der Waals surface area contributed by atoms with E-state index in [1.54, 1.807) is 13.8 Å². The molecule has 10 atom stereocenters. The number of amides is 1. The van der Waals surface area contributed by atoms with Crippen LogP contribution in [0, 0.1) is 62.1 Å². The fraction of sp³-hybridized carbons (Fsp3) is 0.865. The molecule has 3 unspecified atom stereocenters. The highest BCUT2D eigenvalue weighted by Crippen LogP contribution is 2.77. The molecule has 0 aliphatic heterocycles. The molecular formula is C37H59NO7S. The minimum atomic E-state index is -3.73. The Bertz CT molecular complexity index is 1420. The number of carboxylic acids is 1. The van der Waals surface area contributed by atoms with E-state index in [-0.39, 0.29) is 46.0 Å². The lowest BCUT2D eigenvalue weighted by Crippen LogP contribution is -2.67. The Morgan fingerprint density at radius 3 is 2.13 bits per heavy atom. The smallest absolute Gasteiger partial charge is 0.309 e. The molecule has 46 heavy (non-hydrogen) atoms. The lowest BCUT2D eigenvalue weighted by molar-refractivity contribution is -0.250. The van der Waals surface area contributed by atoms with Crippen molar-refractivity contribution in [3.8, 4) is 0 Å². The molecule has 0 saturated heterocycles. The number of aliphatic carboxylic acids is 1. The second-order valence-corrected chi connectivity index (χ2v) is 20.0. The van der Waals surface area contributed by atoms with Crippen molar-refractivity contribution in [2.45, 2.75) is 132 Å². The van der Waals surface area contributed by atoms with Gasteiger partial charge in [-0.05, 0) is 117 Å². The van der Waals surface area contributed by atoms with Gasteiger partial charge in [-0.2, -0.15) is 0 Å². The Labute approximate surface area is 277 Å². The van der Waals surface area contributed by atoms with E-state index in [0.29, 0.717) is 17.8 Å². The summed E-state index contributed by atoms with van der Waals surface area (Å²) in [6.45, 7) is 21.6. The third kappa shape index (κ3) is 5.19. The fourth-order valence-corrected chi connectivity index (χ4v) is 13.3. The predicted octanol–water partition coefficient (Wildman–Crippen LogP) is 7.13. The van der Waals surface area contributed by atoms with Crippen LogP contribution in [0.2, 0.25) is 0 Å². The Morgan fingerprint density at radius 1 is 0.891 bits per heavy atom. The number of hydrogen-bond donors (Lipinski definition) is 2. The molecule has 9 heteroatoms. The summed E-state index contributed by atoms with van der Waals surface area (Å²) in [5.74, 6) is -0.138. The zero-order chi connectivity index (χ0) is 34.5. The molecule has 0 aromatic rings. The average Bonchev–Trinajstić information content (AvgIpc) is 3.31. The van der Waals surface area contributed by atoms with Crippen molar-refractivity contribution in [1.82, 2.24) is 4.72 Å². The predicted molar refractivity (Wildman–Crippen MR) is 178 cm³/mol. The number of esters is 1. The van der Waals surface area contributed by atoms with Crippen molar-refractivity contribution >= 4 is 27.9 Å². The molecule has 0 bridgehead atoms. The van der Waals surface area contributed by atoms with E-state index in [2.05, 4.69) is 48.1 Å². The molecule has 5 rings (SSSR count). The maximum atomic E-state index is 13.2. The van der Waals surface area contributed by atoms with Crippen molar-refractivity contribution in [2.75, 3.05) is 6.26 Å². The Kier molecular flexibility index (Phi) is 8.51. The summed E-state index contributed by atoms with van der Waals surface area (Å²) < 4.78 is 31.4. The van der Waals surface area contributed by atoms with Gasteiger partial charge in [-0.15, -0.1) is 0 Å². The molecule has 5 aliphatic rings. The molecule has 5 aliphatic carbocycles. The zero-order valence-electron chi connectivity index (χ0n) is 29.8. The molecule has 1 amide bonds. The van der Waals surface area contributed by atoms with Crippen molar-refractivity contribution in [3.63, 3.8) is 0 Å². The van der Waals surface area contributed by atoms with Crippen molar-refractivity contribution in [1.29, 1.82) is 0 Å². The maximum Gasteiger partial charge on any atom is 0.309 e. The first-order valence-corrected chi connectivity index (χ1v) is 19.5. The number of rotatable bonds is 7. The minimum Gasteiger partial charge on any atom is -0.481 e. The molecule has 0 spiro atoms. The van der Waals surface area contributed by atoms with Crippen LogP contribution in [0.25, 0.3) is 0 Å². The number of carbonyl (C=O) groups excluding carboxylic acids is 2. The Balaban J connectivity index is 1.37. The second kappa shape index (κ2) is 11.1. The topological polar surface area (TPSA) is 127 Å². The van der Waals surface area contributed by atoms with Crippen LogP contribution in [0.5, 0.6) is 0 Å². The second-order valence-electron chi connectivity index (χ2n) is 18.2. The zero-order valence-corrected chi connectivity index (χ0v) is 30.6. The molecule has 8 nitrogen and oxygen atoms in total. The molecule has 0 heterocycles. The summed E-state index contributed by atoms with van der Waals surface area (Å²) in [5, 5.41) is 10.6. The van der Waals surface area contributed by atoms with Gasteiger partial charge >= 0.3 is 11.9 Å². The highest BCUT2D eigenvalue weighted by atomic mass is 32.2. The Hall–Kier alpha value is -1.90. The van der Waals surface area contributed by atoms with Gasteiger partial charge in [-0.1, -0.05) is 60.6 Å². The van der Waals surface area contributed by atoms with Crippen LogP contribution in [0.15, 0.2) is 12.2 Å². The first-order chi connectivity index (χ1) is 21.0. The number of carboxylic acid groups (broad SMARTS) is 1. The van der Waals surface area contributed by atoms with E-state index in [0.717, 1.165) is 76.0 Å². The van der Waals surface area contributed by atoms with Gasteiger partial charge in [-0.25, -0.2) is 8.42 Å². The number of allylic oxidation sites excluding steroid dienone is 1. The van der Waals surface area contributed by atoms with Gasteiger partial charge in [0.15, 0.2) is 0 Å². The molecule has 5 fully saturated rings. The normalized spacial score (nSPS) is 43.2. The molecule has 2 N–H and O–H groups in total. The van der Waals surface area contributed by atoms with Crippen LogP contribution in [-0.2, 0) is 29.1 Å². The first-order valence-electron chi connectivity index (χ1n) is 17.6. The van der Waals surface area contributed by atoms with Crippen LogP contribution in [0.1, 0.15) is 126 Å². The highest BCUT2D eigenvalue weighted by molar-refractivity contribution is 7.89. The van der Waals surface area contributed by atoms with E-state index in [1.165, 1.54) is 0 Å². The quantitative estimate of drug-likeness (QED) is 0.220. The standard InChI is InChI=1S/C37H59NO7S/c1-22(2)23-13-18-37(31(41)42)20-19-35(8)24(29(23)37)11-12-26-34(7)16-15-27(33(5,6)25(34)14-17-36(26,35)9)45-28(39)21-32(3,4)30(40)38-46(10,43)44/h23-27,29H,1,11-21H2,2-10H3,(H,38,40)(H,41,42)/t23-,24+,25?,26?,27-,29?,34-,35+,36+,37-/m0/s1. The number of fused-ring (bicyclic) bond motifs is 7. The third-order valence-corrected chi connectivity index (χ3v) is 15.7. The van der Waals surface area contributed by atoms with Gasteiger partial charge < -0.3 is 9.84 Å². The largest absolute Gasteiger partial charge is 0.481 e. The summed E-state index contributed by atoms with van der Waals surface area (Å²) in [4.78, 5) is 38.8. The fourth-order valence-electron chi connectivity index (χ4n) is 12.6. The van der Waals surface area contributed by atoms with E-state index < -0.39 is 38.7 Å². The van der Waals surface area contributed by atoms with E-state index in [9.17, 15) is 27.9 Å². The van der Waals surface area contributed by atoms with Gasteiger partial charge in [0, 0.05) is 5.41 Å². The number of sulfonamides is 1. The van der Waals surface area contributed by atoms with Crippen molar-refractivity contribution in [3.05, 3.63) is 12.2 Å². The van der Waals surface area contributed by atoms with Crippen LogP contribution >= 0.6 is 0 Å². The SMILES string of the molecule is C=C(C)[C@@H]1CC[C@]2(C(=O)O)CC[C@]3(C)[C@H](CCC4[C@@]5(C)CC[C@H](OC(=O)CC(C)(C)C(=O)NS(C)(=O)=O)C(C)(C)C5CC[C@]43C)C12. The number of ether oxygens (including phenoxy) is 1. The highest BCUT2D eigenvalue weighted by Gasteiger charge is 2.72. The summed E-state index contributed by atoms with van der Waals surface area (Å²) >= 11 is 0. The molecule has 260 valence electrons. The van der Waals surface area contributed by atoms with Crippen molar-refractivity contribution in [2.24, 2.45) is 62.1 Å². The molecule has 5 saturated carbocycles. The monoisotopic (exact) mass is 661 g/mol. The van der Waals surface area contributed by atoms with Crippen LogP contribution < -0.4 is 4.72 Å². The van der Waals surface area contributed by atoms with Gasteiger partial charge in [0.1, 0.15) is 6.10 Å². The molecule has 0 aromatic heterocycles. The number of nitrogens with one attached hydrogen (secondary N) is 1. The molecule has 0 aromatic carbocycles. The summed E-state index contributed by atoms with van der Waals surface area (Å²) in [7, 11) is -3.73. The lowest BCUT2D eigenvalue weighted by atomic mass is 9.32.